The maximum atomic E-state index is 11.9. The number of hydrogen-bond donors (Lipinski definition) is 4. The van der Waals surface area contributed by atoms with Crippen LogP contribution in [0.3, 0.4) is 0 Å². The normalized spacial score (nSPS) is 13.8. The van der Waals surface area contributed by atoms with Crippen molar-refractivity contribution in [2.24, 2.45) is 0 Å². The predicted octanol–water partition coefficient (Wildman–Crippen LogP) is -0.0848. The Bertz CT molecular complexity index is 783. The molecule has 1 heterocycles. The molecule has 2 unspecified atom stereocenters. The lowest BCUT2D eigenvalue weighted by Gasteiger charge is -2.14. The fourth-order valence-corrected chi connectivity index (χ4v) is 1.86. The molecule has 21 heavy (non-hydrogen) atoms. The minimum absolute atomic E-state index is 0.0385. The van der Waals surface area contributed by atoms with Crippen LogP contribution < -0.4 is 5.43 Å². The first-order valence-electron chi connectivity index (χ1n) is 5.71. The Labute approximate surface area is 116 Å². The molecule has 0 fully saturated rings. The van der Waals surface area contributed by atoms with E-state index in [9.17, 15) is 29.9 Å². The van der Waals surface area contributed by atoms with Gasteiger partial charge in [0.25, 0.3) is 5.43 Å². The van der Waals surface area contributed by atoms with Gasteiger partial charge in [-0.25, -0.2) is 4.79 Å². The summed E-state index contributed by atoms with van der Waals surface area (Å²) in [5.74, 6) is -1.63. The summed E-state index contributed by atoms with van der Waals surface area (Å²) in [6.07, 6.45) is -2.88. The molecule has 0 amide bonds. The standard InChI is InChI=1S/C12H10N2O7/c15-9(11(17)12(18)19)5-1-2-7-6(3-5)10(16)8(4-13-7)14(20)21/h1-4,9,11,15,17H,(H,13,16)(H,18,19). The molecule has 4 N–H and O–H groups in total. The number of carboxylic acids is 1. The third-order valence-corrected chi connectivity index (χ3v) is 2.98. The average molecular weight is 294 g/mol. The van der Waals surface area contributed by atoms with Crippen LogP contribution in [0.5, 0.6) is 0 Å². The van der Waals surface area contributed by atoms with Gasteiger partial charge in [-0.3, -0.25) is 14.9 Å². The summed E-state index contributed by atoms with van der Waals surface area (Å²) in [6, 6.07) is 3.77. The third kappa shape index (κ3) is 2.59. The highest BCUT2D eigenvalue weighted by Gasteiger charge is 2.26. The van der Waals surface area contributed by atoms with E-state index in [0.29, 0.717) is 0 Å². The monoisotopic (exact) mass is 294 g/mol. The number of carboxylic acid groups (broad SMARTS) is 1. The molecule has 2 aromatic rings. The van der Waals surface area contributed by atoms with Gasteiger partial charge in [0.05, 0.1) is 16.5 Å². The Kier molecular flexibility index (Phi) is 3.70. The first-order chi connectivity index (χ1) is 9.82. The van der Waals surface area contributed by atoms with Crippen molar-refractivity contribution in [2.75, 3.05) is 0 Å². The Morgan fingerprint density at radius 3 is 2.57 bits per heavy atom. The molecule has 9 heteroatoms. The van der Waals surface area contributed by atoms with Crippen LogP contribution in [-0.4, -0.2) is 37.3 Å². The lowest BCUT2D eigenvalue weighted by atomic mass is 10.0. The second-order valence-corrected chi connectivity index (χ2v) is 4.29. The maximum Gasteiger partial charge on any atom is 0.335 e. The highest BCUT2D eigenvalue weighted by atomic mass is 16.6. The maximum absolute atomic E-state index is 11.9. The van der Waals surface area contributed by atoms with E-state index in [2.05, 4.69) is 4.98 Å². The minimum atomic E-state index is -2.07. The molecule has 0 saturated heterocycles. The van der Waals surface area contributed by atoms with Gasteiger partial charge >= 0.3 is 11.7 Å². The summed E-state index contributed by atoms with van der Waals surface area (Å²) >= 11 is 0. The number of hydrogen-bond acceptors (Lipinski definition) is 6. The third-order valence-electron chi connectivity index (χ3n) is 2.98. The van der Waals surface area contributed by atoms with Gasteiger partial charge in [0, 0.05) is 5.52 Å². The SMILES string of the molecule is O=C(O)C(O)C(O)c1ccc2[nH]cc([N+](=O)[O-])c(=O)c2c1. The molecule has 1 aromatic carbocycles. The van der Waals surface area contributed by atoms with Crippen molar-refractivity contribution >= 4 is 22.6 Å². The van der Waals surface area contributed by atoms with Gasteiger partial charge in [-0.15, -0.1) is 0 Å². The highest BCUT2D eigenvalue weighted by Crippen LogP contribution is 2.21. The molecule has 2 atom stereocenters. The average Bonchev–Trinajstić information content (AvgIpc) is 2.45. The van der Waals surface area contributed by atoms with Crippen molar-refractivity contribution in [1.29, 1.82) is 0 Å². The number of aliphatic hydroxyl groups excluding tert-OH is 2. The quantitative estimate of drug-likeness (QED) is 0.454. The van der Waals surface area contributed by atoms with Gasteiger partial charge in [-0.05, 0) is 17.7 Å². The van der Waals surface area contributed by atoms with E-state index >= 15 is 0 Å². The topological polar surface area (TPSA) is 154 Å². The molecule has 0 aliphatic rings. The van der Waals surface area contributed by atoms with Gasteiger partial charge in [0.15, 0.2) is 6.10 Å². The largest absolute Gasteiger partial charge is 0.479 e. The summed E-state index contributed by atoms with van der Waals surface area (Å²) < 4.78 is 0. The number of aromatic amines is 1. The Morgan fingerprint density at radius 1 is 1.33 bits per heavy atom. The van der Waals surface area contributed by atoms with Crippen molar-refractivity contribution in [3.05, 3.63) is 50.3 Å². The lowest BCUT2D eigenvalue weighted by molar-refractivity contribution is -0.386. The second-order valence-electron chi connectivity index (χ2n) is 4.29. The first kappa shape index (κ1) is 14.6. The number of fused-ring (bicyclic) bond motifs is 1. The van der Waals surface area contributed by atoms with E-state index in [1.165, 1.54) is 12.1 Å². The number of nitrogens with one attached hydrogen (secondary N) is 1. The number of pyridine rings is 1. The van der Waals surface area contributed by atoms with E-state index in [1.807, 2.05) is 0 Å². The van der Waals surface area contributed by atoms with E-state index in [0.717, 1.165) is 12.3 Å². The molecule has 0 bridgehead atoms. The molecule has 1 aromatic heterocycles. The number of nitrogens with zero attached hydrogens (tertiary/aromatic N) is 1. The number of H-pyrrole nitrogens is 1. The van der Waals surface area contributed by atoms with Crippen LogP contribution in [0.25, 0.3) is 10.9 Å². The van der Waals surface area contributed by atoms with Gasteiger partial charge < -0.3 is 20.3 Å². The number of aliphatic carboxylic acids is 1. The van der Waals surface area contributed by atoms with Crippen molar-refractivity contribution in [3.8, 4) is 0 Å². The summed E-state index contributed by atoms with van der Waals surface area (Å²) in [6.45, 7) is 0. The zero-order valence-corrected chi connectivity index (χ0v) is 10.4. The van der Waals surface area contributed by atoms with Crippen LogP contribution in [0.15, 0.2) is 29.2 Å². The highest BCUT2D eigenvalue weighted by molar-refractivity contribution is 5.81. The minimum Gasteiger partial charge on any atom is -0.479 e. The van der Waals surface area contributed by atoms with E-state index in [4.69, 9.17) is 5.11 Å². The van der Waals surface area contributed by atoms with Crippen LogP contribution in [0.2, 0.25) is 0 Å². The number of nitro groups is 1. The fraction of sp³-hybridized carbons (Fsp3) is 0.167. The Morgan fingerprint density at radius 2 is 2.00 bits per heavy atom. The Hall–Kier alpha value is -2.78. The van der Waals surface area contributed by atoms with Crippen molar-refractivity contribution in [2.45, 2.75) is 12.2 Å². The van der Waals surface area contributed by atoms with Crippen molar-refractivity contribution in [3.63, 3.8) is 0 Å². The molecule has 2 rings (SSSR count). The molecular formula is C12H10N2O7. The molecule has 9 nitrogen and oxygen atoms in total. The number of benzene rings is 1. The fourth-order valence-electron chi connectivity index (χ4n) is 1.86. The second kappa shape index (κ2) is 5.31. The molecule has 0 spiro atoms. The van der Waals surface area contributed by atoms with Crippen molar-refractivity contribution < 1.29 is 25.0 Å². The van der Waals surface area contributed by atoms with Gasteiger partial charge in [0.2, 0.25) is 0 Å². The molecule has 0 aliphatic carbocycles. The molecule has 0 aliphatic heterocycles. The van der Waals surface area contributed by atoms with Crippen LogP contribution in [0.4, 0.5) is 5.69 Å². The zero-order valence-electron chi connectivity index (χ0n) is 10.4. The molecule has 110 valence electrons. The summed E-state index contributed by atoms with van der Waals surface area (Å²) in [5.41, 5.74) is -1.30. The van der Waals surface area contributed by atoms with Gasteiger partial charge in [0.1, 0.15) is 6.10 Å². The Balaban J connectivity index is 2.60. The zero-order chi connectivity index (χ0) is 15.7. The molecular weight excluding hydrogens is 284 g/mol. The summed E-state index contributed by atoms with van der Waals surface area (Å²) in [5, 5.41) is 38.2. The van der Waals surface area contributed by atoms with E-state index in [-0.39, 0.29) is 16.5 Å². The number of carbonyl (C=O) groups is 1. The number of aliphatic hydroxyl groups is 2. The predicted molar refractivity (Wildman–Crippen MR) is 69.8 cm³/mol. The van der Waals surface area contributed by atoms with E-state index in [1.54, 1.807) is 0 Å². The van der Waals surface area contributed by atoms with Crippen LogP contribution in [-0.2, 0) is 4.79 Å². The van der Waals surface area contributed by atoms with Crippen LogP contribution in [0, 0.1) is 10.1 Å². The lowest BCUT2D eigenvalue weighted by Crippen LogP contribution is -2.27. The van der Waals surface area contributed by atoms with Crippen LogP contribution in [0.1, 0.15) is 11.7 Å². The molecule has 0 saturated carbocycles. The van der Waals surface area contributed by atoms with E-state index < -0.39 is 34.2 Å². The van der Waals surface area contributed by atoms with Crippen molar-refractivity contribution in [1.82, 2.24) is 4.98 Å². The summed E-state index contributed by atoms with van der Waals surface area (Å²) in [7, 11) is 0. The number of aromatic nitrogens is 1. The number of rotatable bonds is 4. The van der Waals surface area contributed by atoms with Crippen LogP contribution >= 0.6 is 0 Å². The summed E-state index contributed by atoms with van der Waals surface area (Å²) in [4.78, 5) is 35.0. The smallest absolute Gasteiger partial charge is 0.335 e. The van der Waals surface area contributed by atoms with Gasteiger partial charge in [-0.2, -0.15) is 0 Å². The molecule has 0 radical (unpaired) electrons. The first-order valence-corrected chi connectivity index (χ1v) is 5.71. The van der Waals surface area contributed by atoms with Gasteiger partial charge in [-0.1, -0.05) is 6.07 Å².